The van der Waals surface area contributed by atoms with Crippen molar-refractivity contribution in [2.75, 3.05) is 0 Å². The summed E-state index contributed by atoms with van der Waals surface area (Å²) in [6.45, 7) is 0. The van der Waals surface area contributed by atoms with Gasteiger partial charge in [-0.05, 0) is 30.0 Å². The summed E-state index contributed by atoms with van der Waals surface area (Å²) in [6.07, 6.45) is 0.680. The molecule has 6 heteroatoms. The number of nitrogens with two attached hydrogens (primary N) is 2. The van der Waals surface area contributed by atoms with Gasteiger partial charge in [-0.15, -0.1) is 0 Å². The average molecular weight is 272 g/mol. The van der Waals surface area contributed by atoms with Gasteiger partial charge in [-0.2, -0.15) is 4.99 Å². The first-order valence-electron chi connectivity index (χ1n) is 5.08. The molecule has 1 aromatic carbocycles. The van der Waals surface area contributed by atoms with Crippen LogP contribution >= 0.6 is 23.2 Å². The van der Waals surface area contributed by atoms with Crippen LogP contribution in [0.5, 0.6) is 0 Å². The Hall–Kier alpha value is -1.26. The van der Waals surface area contributed by atoms with Crippen LogP contribution in [0.25, 0.3) is 0 Å². The van der Waals surface area contributed by atoms with Crippen molar-refractivity contribution >= 4 is 35.1 Å². The number of guanidine groups is 1. The van der Waals surface area contributed by atoms with Crippen molar-refractivity contribution in [3.05, 3.63) is 33.8 Å². The number of nitrogens with zero attached hydrogens (tertiary/aromatic N) is 1. The normalized spacial score (nSPS) is 22.0. The van der Waals surface area contributed by atoms with Gasteiger partial charge in [0.1, 0.15) is 0 Å². The van der Waals surface area contributed by atoms with Crippen molar-refractivity contribution in [3.63, 3.8) is 0 Å². The minimum Gasteiger partial charge on any atom is -0.370 e. The van der Waals surface area contributed by atoms with Crippen LogP contribution in [0.3, 0.4) is 0 Å². The van der Waals surface area contributed by atoms with Crippen molar-refractivity contribution in [1.29, 1.82) is 0 Å². The summed E-state index contributed by atoms with van der Waals surface area (Å²) >= 11 is 12.1. The van der Waals surface area contributed by atoms with Crippen LogP contribution in [0.15, 0.2) is 23.2 Å². The molecule has 1 saturated carbocycles. The van der Waals surface area contributed by atoms with Gasteiger partial charge in [0, 0.05) is 16.0 Å². The maximum atomic E-state index is 11.6. The SMILES string of the molecule is NC(N)=NC(=O)C1CC1c1c(Cl)cccc1Cl. The predicted molar refractivity (Wildman–Crippen MR) is 68.1 cm³/mol. The molecule has 0 spiro atoms. The smallest absolute Gasteiger partial charge is 0.252 e. The van der Waals surface area contributed by atoms with Crippen molar-refractivity contribution in [2.45, 2.75) is 12.3 Å². The molecule has 4 N–H and O–H groups in total. The molecule has 0 saturated heterocycles. The molecule has 0 aliphatic heterocycles. The highest BCUT2D eigenvalue weighted by Gasteiger charge is 2.45. The minimum atomic E-state index is -0.314. The fourth-order valence-electron chi connectivity index (χ4n) is 1.86. The molecule has 1 aliphatic rings. The van der Waals surface area contributed by atoms with E-state index in [1.807, 2.05) is 0 Å². The van der Waals surface area contributed by atoms with E-state index >= 15 is 0 Å². The van der Waals surface area contributed by atoms with Crippen molar-refractivity contribution in [3.8, 4) is 0 Å². The summed E-state index contributed by atoms with van der Waals surface area (Å²) < 4.78 is 0. The second kappa shape index (κ2) is 4.55. The summed E-state index contributed by atoms with van der Waals surface area (Å²) in [4.78, 5) is 15.1. The Balaban J connectivity index is 2.19. The first-order valence-corrected chi connectivity index (χ1v) is 5.83. The number of rotatable bonds is 2. The Morgan fingerprint density at radius 3 is 2.41 bits per heavy atom. The van der Waals surface area contributed by atoms with Crippen LogP contribution in [-0.2, 0) is 4.79 Å². The van der Waals surface area contributed by atoms with E-state index in [0.29, 0.717) is 16.5 Å². The molecule has 2 atom stereocenters. The van der Waals surface area contributed by atoms with Gasteiger partial charge in [0.05, 0.1) is 0 Å². The average Bonchev–Trinajstić information content (AvgIpc) is 2.96. The lowest BCUT2D eigenvalue weighted by Gasteiger charge is -2.04. The topological polar surface area (TPSA) is 81.5 Å². The number of benzene rings is 1. The highest BCUT2D eigenvalue weighted by Crippen LogP contribution is 2.52. The zero-order valence-corrected chi connectivity index (χ0v) is 10.4. The summed E-state index contributed by atoms with van der Waals surface area (Å²) in [5.74, 6) is -0.724. The number of halogens is 2. The third-order valence-electron chi connectivity index (χ3n) is 2.72. The summed E-state index contributed by atoms with van der Waals surface area (Å²) in [5.41, 5.74) is 11.1. The Morgan fingerprint density at radius 1 is 1.29 bits per heavy atom. The molecule has 90 valence electrons. The Bertz CT molecular complexity index is 477. The Labute approximate surface area is 109 Å². The number of aliphatic imine (C=N–C) groups is 1. The maximum absolute atomic E-state index is 11.6. The van der Waals surface area contributed by atoms with E-state index < -0.39 is 0 Å². The summed E-state index contributed by atoms with van der Waals surface area (Å²) in [6, 6.07) is 5.27. The predicted octanol–water partition coefficient (Wildman–Crippen LogP) is 1.90. The maximum Gasteiger partial charge on any atom is 0.252 e. The second-order valence-corrected chi connectivity index (χ2v) is 4.77. The van der Waals surface area contributed by atoms with Gasteiger partial charge in [-0.1, -0.05) is 29.3 Å². The van der Waals surface area contributed by atoms with Crippen LogP contribution < -0.4 is 11.5 Å². The van der Waals surface area contributed by atoms with Gasteiger partial charge < -0.3 is 11.5 Å². The second-order valence-electron chi connectivity index (χ2n) is 3.96. The molecule has 0 bridgehead atoms. The van der Waals surface area contributed by atoms with Gasteiger partial charge in [-0.3, -0.25) is 4.79 Å². The first kappa shape index (κ1) is 12.2. The van der Waals surface area contributed by atoms with Gasteiger partial charge in [-0.25, -0.2) is 0 Å². The largest absolute Gasteiger partial charge is 0.370 e. The zero-order valence-electron chi connectivity index (χ0n) is 8.86. The van der Waals surface area contributed by atoms with E-state index in [-0.39, 0.29) is 23.7 Å². The van der Waals surface area contributed by atoms with E-state index in [0.717, 1.165) is 5.56 Å². The van der Waals surface area contributed by atoms with Crippen molar-refractivity contribution < 1.29 is 4.79 Å². The summed E-state index contributed by atoms with van der Waals surface area (Å²) in [5, 5.41) is 1.14. The van der Waals surface area contributed by atoms with E-state index in [2.05, 4.69) is 4.99 Å². The number of hydrogen-bond acceptors (Lipinski definition) is 1. The molecular formula is C11H11Cl2N3O. The van der Waals surface area contributed by atoms with E-state index in [9.17, 15) is 4.79 Å². The standard InChI is InChI=1S/C11H11Cl2N3O/c12-7-2-1-3-8(13)9(7)5-4-6(5)10(17)16-11(14)15/h1-3,5-6H,4H2,(H4,14,15,16,17). The number of carbonyl (C=O) groups excluding carboxylic acids is 1. The number of amides is 1. The molecule has 1 fully saturated rings. The molecule has 1 amide bonds. The monoisotopic (exact) mass is 271 g/mol. The van der Waals surface area contributed by atoms with Crippen LogP contribution in [0.4, 0.5) is 0 Å². The first-order chi connectivity index (χ1) is 8.00. The van der Waals surface area contributed by atoms with E-state index in [1.165, 1.54) is 0 Å². The molecule has 17 heavy (non-hydrogen) atoms. The van der Waals surface area contributed by atoms with Gasteiger partial charge in [0.15, 0.2) is 5.96 Å². The van der Waals surface area contributed by atoms with Crippen molar-refractivity contribution in [2.24, 2.45) is 22.4 Å². The Kier molecular flexibility index (Phi) is 3.26. The van der Waals surface area contributed by atoms with Crippen LogP contribution in [-0.4, -0.2) is 11.9 Å². The summed E-state index contributed by atoms with van der Waals surface area (Å²) in [7, 11) is 0. The molecule has 4 nitrogen and oxygen atoms in total. The lowest BCUT2D eigenvalue weighted by Crippen LogP contribution is -2.24. The molecule has 0 heterocycles. The quantitative estimate of drug-likeness (QED) is 0.637. The van der Waals surface area contributed by atoms with Gasteiger partial charge in [0.2, 0.25) is 0 Å². The molecule has 2 unspecified atom stereocenters. The van der Waals surface area contributed by atoms with E-state index in [1.54, 1.807) is 18.2 Å². The van der Waals surface area contributed by atoms with Crippen LogP contribution in [0.2, 0.25) is 10.0 Å². The third kappa shape index (κ3) is 2.53. The molecule has 0 radical (unpaired) electrons. The molecule has 0 aromatic heterocycles. The lowest BCUT2D eigenvalue weighted by atomic mass is 10.1. The number of hydrogen-bond donors (Lipinski definition) is 2. The van der Waals surface area contributed by atoms with Crippen LogP contribution in [0.1, 0.15) is 17.9 Å². The molecular weight excluding hydrogens is 261 g/mol. The zero-order chi connectivity index (χ0) is 12.6. The molecule has 2 rings (SSSR count). The number of carbonyl (C=O) groups is 1. The fourth-order valence-corrected chi connectivity index (χ4v) is 2.54. The lowest BCUT2D eigenvalue weighted by molar-refractivity contribution is -0.119. The van der Waals surface area contributed by atoms with E-state index in [4.69, 9.17) is 34.7 Å². The van der Waals surface area contributed by atoms with Crippen molar-refractivity contribution in [1.82, 2.24) is 0 Å². The highest BCUT2D eigenvalue weighted by molar-refractivity contribution is 6.36. The third-order valence-corrected chi connectivity index (χ3v) is 3.38. The minimum absolute atomic E-state index is 0.0202. The van der Waals surface area contributed by atoms with Gasteiger partial charge >= 0.3 is 0 Å². The Morgan fingerprint density at radius 2 is 1.88 bits per heavy atom. The molecule has 1 aliphatic carbocycles. The molecule has 1 aromatic rings. The fraction of sp³-hybridized carbons (Fsp3) is 0.273. The van der Waals surface area contributed by atoms with Gasteiger partial charge in [0.25, 0.3) is 5.91 Å². The van der Waals surface area contributed by atoms with Crippen LogP contribution in [0, 0.1) is 5.92 Å². The highest BCUT2D eigenvalue weighted by atomic mass is 35.5.